The molecule has 0 N–H and O–H groups in total. The predicted octanol–water partition coefficient (Wildman–Crippen LogP) is 1.25. The van der Waals surface area contributed by atoms with E-state index in [1.165, 1.54) is 25.3 Å². The van der Waals surface area contributed by atoms with E-state index in [0.717, 1.165) is 12.8 Å². The zero-order chi connectivity index (χ0) is 15.2. The van der Waals surface area contributed by atoms with Gasteiger partial charge in [-0.1, -0.05) is 0 Å². The van der Waals surface area contributed by atoms with Crippen molar-refractivity contribution in [1.82, 2.24) is 0 Å². The minimum absolute atomic E-state index is 0.0591. The highest BCUT2D eigenvalue weighted by atomic mass is 32.2. The Morgan fingerprint density at radius 2 is 2.05 bits per heavy atom. The first-order chi connectivity index (χ1) is 10.1. The predicted molar refractivity (Wildman–Crippen MR) is 75.4 cm³/mol. The Balaban J connectivity index is 2.15. The molecule has 1 aromatic rings. The molecule has 0 saturated carbocycles. The summed E-state index contributed by atoms with van der Waals surface area (Å²) in [5.74, 6) is 0.102. The molecule has 7 heteroatoms. The van der Waals surface area contributed by atoms with Gasteiger partial charge in [0.2, 0.25) is 0 Å². The average molecular weight is 314 g/mol. The lowest BCUT2D eigenvalue weighted by Gasteiger charge is -2.22. The standard InChI is InChI=1S/C14H18O6S/c1-18-14(15)12-8-11(21(16)17)2-3-13(12)20-9-10-4-6-19-7-5-10/h2-3,8,10,21H,4-7,9H2,1H3. The maximum atomic E-state index is 11.7. The Morgan fingerprint density at radius 1 is 1.33 bits per heavy atom. The highest BCUT2D eigenvalue weighted by Crippen LogP contribution is 2.24. The molecule has 0 bridgehead atoms. The molecule has 0 aromatic heterocycles. The molecule has 6 nitrogen and oxygen atoms in total. The summed E-state index contributed by atoms with van der Waals surface area (Å²) in [7, 11) is -1.51. The summed E-state index contributed by atoms with van der Waals surface area (Å²) in [4.78, 5) is 11.8. The molecule has 1 aliphatic heterocycles. The highest BCUT2D eigenvalue weighted by Gasteiger charge is 2.18. The maximum absolute atomic E-state index is 11.7. The monoisotopic (exact) mass is 314 g/mol. The van der Waals surface area contributed by atoms with Gasteiger partial charge in [0.15, 0.2) is 10.7 Å². The van der Waals surface area contributed by atoms with Gasteiger partial charge in [-0.2, -0.15) is 0 Å². The summed E-state index contributed by atoms with van der Waals surface area (Å²) in [6, 6.07) is 4.18. The number of hydrogen-bond donors (Lipinski definition) is 1. The van der Waals surface area contributed by atoms with Crippen LogP contribution in [-0.2, 0) is 20.2 Å². The number of esters is 1. The first-order valence-electron chi connectivity index (χ1n) is 6.69. The summed E-state index contributed by atoms with van der Waals surface area (Å²) in [5.41, 5.74) is 0.126. The summed E-state index contributed by atoms with van der Waals surface area (Å²) >= 11 is 0. The third-order valence-corrected chi connectivity index (χ3v) is 4.09. The average Bonchev–Trinajstić information content (AvgIpc) is 2.52. The molecule has 0 spiro atoms. The fraction of sp³-hybridized carbons (Fsp3) is 0.500. The van der Waals surface area contributed by atoms with Gasteiger partial charge in [0.25, 0.3) is 0 Å². The molecule has 0 unspecified atom stereocenters. The fourth-order valence-electron chi connectivity index (χ4n) is 2.15. The Labute approximate surface area is 125 Å². The molecule has 1 heterocycles. The van der Waals surface area contributed by atoms with Crippen LogP contribution in [-0.4, -0.2) is 41.3 Å². The number of rotatable bonds is 5. The van der Waals surface area contributed by atoms with Gasteiger partial charge < -0.3 is 14.2 Å². The van der Waals surface area contributed by atoms with Gasteiger partial charge >= 0.3 is 5.97 Å². The van der Waals surface area contributed by atoms with Crippen molar-refractivity contribution in [1.29, 1.82) is 0 Å². The van der Waals surface area contributed by atoms with E-state index in [0.29, 0.717) is 31.5 Å². The van der Waals surface area contributed by atoms with Crippen molar-refractivity contribution in [3.8, 4) is 5.75 Å². The molecule has 21 heavy (non-hydrogen) atoms. The van der Waals surface area contributed by atoms with Crippen LogP contribution in [0.4, 0.5) is 0 Å². The number of ether oxygens (including phenoxy) is 3. The second-order valence-electron chi connectivity index (χ2n) is 4.80. The SMILES string of the molecule is COC(=O)c1cc([SH](=O)=O)ccc1OCC1CCOCC1. The third kappa shape index (κ3) is 4.18. The van der Waals surface area contributed by atoms with E-state index >= 15 is 0 Å². The highest BCUT2D eigenvalue weighted by molar-refractivity contribution is 7.72. The number of thiol groups is 1. The lowest BCUT2D eigenvalue weighted by atomic mass is 10.0. The first-order valence-corrected chi connectivity index (χ1v) is 7.87. The number of hydrogen-bond acceptors (Lipinski definition) is 6. The Morgan fingerprint density at radius 3 is 2.67 bits per heavy atom. The molecular weight excluding hydrogens is 296 g/mol. The van der Waals surface area contributed by atoms with Gasteiger partial charge in [0, 0.05) is 13.2 Å². The minimum atomic E-state index is -2.76. The van der Waals surface area contributed by atoms with Crippen LogP contribution < -0.4 is 4.74 Å². The molecule has 0 amide bonds. The molecule has 0 atom stereocenters. The lowest BCUT2D eigenvalue weighted by molar-refractivity contribution is 0.0483. The van der Waals surface area contributed by atoms with E-state index < -0.39 is 16.7 Å². The zero-order valence-electron chi connectivity index (χ0n) is 11.7. The maximum Gasteiger partial charge on any atom is 0.341 e. The van der Waals surface area contributed by atoms with Crippen molar-refractivity contribution in [2.75, 3.05) is 26.9 Å². The van der Waals surface area contributed by atoms with Crippen molar-refractivity contribution >= 4 is 16.7 Å². The minimum Gasteiger partial charge on any atom is -0.492 e. The quantitative estimate of drug-likeness (QED) is 0.651. The summed E-state index contributed by atoms with van der Waals surface area (Å²) in [6.07, 6.45) is 1.83. The number of methoxy groups -OCH3 is 1. The smallest absolute Gasteiger partial charge is 0.341 e. The number of carbonyl (C=O) groups excluding carboxylic acids is 1. The van der Waals surface area contributed by atoms with Gasteiger partial charge in [-0.3, -0.25) is 0 Å². The van der Waals surface area contributed by atoms with Gasteiger partial charge in [0.1, 0.15) is 11.3 Å². The van der Waals surface area contributed by atoms with Crippen LogP contribution in [0.3, 0.4) is 0 Å². The van der Waals surface area contributed by atoms with Crippen LogP contribution in [0.1, 0.15) is 23.2 Å². The van der Waals surface area contributed by atoms with Crippen molar-refractivity contribution in [2.45, 2.75) is 17.7 Å². The van der Waals surface area contributed by atoms with Crippen LogP contribution in [0.25, 0.3) is 0 Å². The summed E-state index contributed by atoms with van der Waals surface area (Å²) in [5, 5.41) is 0. The largest absolute Gasteiger partial charge is 0.492 e. The second-order valence-corrected chi connectivity index (χ2v) is 5.83. The van der Waals surface area contributed by atoms with Gasteiger partial charge in [0.05, 0.1) is 18.6 Å². The topological polar surface area (TPSA) is 78.9 Å². The van der Waals surface area contributed by atoms with Crippen molar-refractivity contribution in [3.05, 3.63) is 23.8 Å². The summed E-state index contributed by atoms with van der Waals surface area (Å²) in [6.45, 7) is 1.90. The Hall–Kier alpha value is -1.60. The van der Waals surface area contributed by atoms with Gasteiger partial charge in [-0.15, -0.1) is 0 Å². The van der Waals surface area contributed by atoms with E-state index in [9.17, 15) is 13.2 Å². The normalized spacial score (nSPS) is 15.9. The number of carbonyl (C=O) groups is 1. The van der Waals surface area contributed by atoms with Crippen LogP contribution in [0, 0.1) is 5.92 Å². The molecule has 0 aliphatic carbocycles. The molecule has 2 rings (SSSR count). The van der Waals surface area contributed by atoms with Crippen molar-refractivity contribution in [2.24, 2.45) is 5.92 Å². The molecule has 1 aliphatic rings. The first kappa shape index (κ1) is 15.8. The van der Waals surface area contributed by atoms with Crippen LogP contribution in [0.2, 0.25) is 0 Å². The number of benzene rings is 1. The molecule has 1 aromatic carbocycles. The van der Waals surface area contributed by atoms with E-state index in [2.05, 4.69) is 4.74 Å². The summed E-state index contributed by atoms with van der Waals surface area (Å²) < 4.78 is 37.6. The lowest BCUT2D eigenvalue weighted by Crippen LogP contribution is -2.22. The van der Waals surface area contributed by atoms with E-state index in [4.69, 9.17) is 9.47 Å². The van der Waals surface area contributed by atoms with E-state index in [1.54, 1.807) is 0 Å². The van der Waals surface area contributed by atoms with Crippen LogP contribution in [0.15, 0.2) is 23.1 Å². The molecule has 0 radical (unpaired) electrons. The van der Waals surface area contributed by atoms with Crippen LogP contribution in [0.5, 0.6) is 5.75 Å². The second kappa shape index (κ2) is 7.42. The molecule has 1 fully saturated rings. The Kier molecular flexibility index (Phi) is 5.58. The van der Waals surface area contributed by atoms with Crippen molar-refractivity contribution in [3.63, 3.8) is 0 Å². The van der Waals surface area contributed by atoms with E-state index in [1.807, 2.05) is 0 Å². The van der Waals surface area contributed by atoms with Crippen molar-refractivity contribution < 1.29 is 27.4 Å². The van der Waals surface area contributed by atoms with Crippen LogP contribution >= 0.6 is 0 Å². The van der Waals surface area contributed by atoms with E-state index in [-0.39, 0.29) is 10.5 Å². The molecular formula is C14H18O6S. The zero-order valence-corrected chi connectivity index (χ0v) is 12.6. The van der Waals surface area contributed by atoms with Gasteiger partial charge in [-0.25, -0.2) is 13.2 Å². The Bertz CT molecular complexity index is 567. The van der Waals surface area contributed by atoms with Gasteiger partial charge in [-0.05, 0) is 37.0 Å². The molecule has 1 saturated heterocycles. The third-order valence-electron chi connectivity index (χ3n) is 3.39. The fourth-order valence-corrected chi connectivity index (χ4v) is 2.58. The molecule has 116 valence electrons.